The summed E-state index contributed by atoms with van der Waals surface area (Å²) in [5.74, 6) is -3.14. The number of ketones is 1. The fraction of sp³-hybridized carbons (Fsp3) is 0.800. The molecule has 3 N–H and O–H groups in total. The van der Waals surface area contributed by atoms with E-state index in [1.807, 2.05) is 13.8 Å². The third kappa shape index (κ3) is 8.38. The van der Waals surface area contributed by atoms with Gasteiger partial charge in [-0.3, -0.25) is 23.9 Å². The molecule has 2 saturated heterocycles. The van der Waals surface area contributed by atoms with Gasteiger partial charge in [0.2, 0.25) is 17.7 Å². The van der Waals surface area contributed by atoms with Crippen LogP contribution in [0.5, 0.6) is 0 Å². The van der Waals surface area contributed by atoms with Gasteiger partial charge in [0.25, 0.3) is 0 Å². The molecule has 2 fully saturated rings. The number of nitrogens with one attached hydrogen (secondary N) is 3. The van der Waals surface area contributed by atoms with Crippen molar-refractivity contribution in [2.45, 2.75) is 70.5 Å². The predicted octanol–water partition coefficient (Wildman–Crippen LogP) is 0.813. The highest BCUT2D eigenvalue weighted by Crippen LogP contribution is 2.20. The lowest BCUT2D eigenvalue weighted by molar-refractivity contribution is -0.321. The van der Waals surface area contributed by atoms with Gasteiger partial charge in [-0.25, -0.2) is 0 Å². The number of amides is 3. The summed E-state index contributed by atoms with van der Waals surface area (Å²) in [5, 5.41) is 7.63. The van der Waals surface area contributed by atoms with E-state index in [4.69, 9.17) is 4.74 Å². The number of ether oxygens (including phenoxy) is 2. The molecule has 2 aliphatic heterocycles. The van der Waals surface area contributed by atoms with Crippen molar-refractivity contribution in [2.75, 3.05) is 19.8 Å². The second-order valence-corrected chi connectivity index (χ2v) is 8.47. The van der Waals surface area contributed by atoms with Gasteiger partial charge in [-0.05, 0) is 38.0 Å². The maximum atomic E-state index is 12.9. The highest BCUT2D eigenvalue weighted by Gasteiger charge is 2.36. The van der Waals surface area contributed by atoms with E-state index in [9.17, 15) is 32.3 Å². The van der Waals surface area contributed by atoms with Crippen molar-refractivity contribution in [1.82, 2.24) is 16.0 Å². The molecule has 0 aliphatic carbocycles. The number of hydrogen-bond acceptors (Lipinski definition) is 6. The standard InChI is InChI=1S/C20H30F3N3O6/c1-11(2)8-14(26-19(30)16-4-3-7-31-16)18(29)25-13(9-12-5-6-24-17(12)28)15(27)10-32-20(21,22)23/h11-14,16H,3-10H2,1-2H3,(H,24,28)(H,25,29)(H,26,30)/t12-,13-,14?,16+/m0/s1. The van der Waals surface area contributed by atoms with Crippen molar-refractivity contribution in [1.29, 1.82) is 0 Å². The summed E-state index contributed by atoms with van der Waals surface area (Å²) >= 11 is 0. The smallest absolute Gasteiger partial charge is 0.368 e. The lowest BCUT2D eigenvalue weighted by atomic mass is 9.95. The molecule has 0 bridgehead atoms. The molecule has 0 aromatic carbocycles. The molecule has 3 amide bonds. The largest absolute Gasteiger partial charge is 0.522 e. The van der Waals surface area contributed by atoms with Crippen LogP contribution in [0.25, 0.3) is 0 Å². The van der Waals surface area contributed by atoms with Crippen molar-refractivity contribution >= 4 is 23.5 Å². The minimum Gasteiger partial charge on any atom is -0.368 e. The topological polar surface area (TPSA) is 123 Å². The molecule has 12 heteroatoms. The third-order valence-corrected chi connectivity index (χ3v) is 5.33. The van der Waals surface area contributed by atoms with Crippen LogP contribution >= 0.6 is 0 Å². The summed E-state index contributed by atoms with van der Waals surface area (Å²) in [6, 6.07) is -2.38. The zero-order chi connectivity index (χ0) is 23.9. The molecule has 0 aromatic rings. The summed E-state index contributed by atoms with van der Waals surface area (Å²) in [4.78, 5) is 49.6. The summed E-state index contributed by atoms with van der Waals surface area (Å²) < 4.78 is 46.1. The number of halogens is 3. The first-order valence-electron chi connectivity index (χ1n) is 10.7. The fourth-order valence-corrected chi connectivity index (χ4v) is 3.70. The van der Waals surface area contributed by atoms with E-state index in [-0.39, 0.29) is 24.7 Å². The van der Waals surface area contributed by atoms with Crippen LogP contribution in [0.3, 0.4) is 0 Å². The van der Waals surface area contributed by atoms with Gasteiger partial charge in [-0.1, -0.05) is 13.8 Å². The summed E-state index contributed by atoms with van der Waals surface area (Å²) in [7, 11) is 0. The Kier molecular flexibility index (Phi) is 9.44. The van der Waals surface area contributed by atoms with Crippen LogP contribution in [0, 0.1) is 11.8 Å². The number of rotatable bonds is 11. The van der Waals surface area contributed by atoms with E-state index in [1.54, 1.807) is 0 Å². The number of Topliss-reactive ketones (excluding diaryl/α,β-unsaturated/α-hetero) is 1. The molecule has 2 aliphatic rings. The minimum absolute atomic E-state index is 0.00105. The molecular formula is C20H30F3N3O6. The quantitative estimate of drug-likeness (QED) is 0.415. The Bertz CT molecular complexity index is 695. The van der Waals surface area contributed by atoms with Gasteiger partial charge in [-0.15, -0.1) is 13.2 Å². The van der Waals surface area contributed by atoms with Gasteiger partial charge in [0.1, 0.15) is 18.8 Å². The predicted molar refractivity (Wildman–Crippen MR) is 105 cm³/mol. The average Bonchev–Trinajstić information content (AvgIpc) is 3.36. The Morgan fingerprint density at radius 2 is 1.91 bits per heavy atom. The molecule has 4 atom stereocenters. The molecule has 182 valence electrons. The van der Waals surface area contributed by atoms with E-state index in [1.165, 1.54) is 0 Å². The van der Waals surface area contributed by atoms with Gasteiger partial charge in [-0.2, -0.15) is 0 Å². The molecule has 9 nitrogen and oxygen atoms in total. The first-order chi connectivity index (χ1) is 15.0. The molecule has 0 spiro atoms. The molecule has 0 saturated carbocycles. The van der Waals surface area contributed by atoms with Gasteiger partial charge in [0, 0.05) is 19.1 Å². The van der Waals surface area contributed by atoms with E-state index in [2.05, 4.69) is 20.7 Å². The van der Waals surface area contributed by atoms with Gasteiger partial charge >= 0.3 is 6.36 Å². The Labute approximate surface area is 184 Å². The van der Waals surface area contributed by atoms with Crippen LogP contribution in [0.4, 0.5) is 13.2 Å². The third-order valence-electron chi connectivity index (χ3n) is 5.33. The zero-order valence-corrected chi connectivity index (χ0v) is 18.1. The molecule has 1 unspecified atom stereocenters. The number of carbonyl (C=O) groups excluding carboxylic acids is 4. The van der Waals surface area contributed by atoms with Gasteiger partial charge in [0.15, 0.2) is 5.78 Å². The van der Waals surface area contributed by atoms with Crippen molar-refractivity contribution in [3.8, 4) is 0 Å². The van der Waals surface area contributed by atoms with E-state index < -0.39 is 54.7 Å². The Hall–Kier alpha value is -2.21. The molecule has 0 aromatic heterocycles. The number of carbonyl (C=O) groups is 4. The van der Waals surface area contributed by atoms with E-state index in [0.29, 0.717) is 26.0 Å². The summed E-state index contributed by atoms with van der Waals surface area (Å²) in [5.41, 5.74) is 0. The molecule has 2 rings (SSSR count). The van der Waals surface area contributed by atoms with Crippen LogP contribution in [0.15, 0.2) is 0 Å². The summed E-state index contributed by atoms with van der Waals surface area (Å²) in [6.07, 6.45) is -3.96. The average molecular weight is 465 g/mol. The maximum Gasteiger partial charge on any atom is 0.522 e. The Balaban J connectivity index is 2.09. The van der Waals surface area contributed by atoms with E-state index in [0.717, 1.165) is 6.42 Å². The maximum absolute atomic E-state index is 12.9. The normalized spacial score (nSPS) is 23.0. The van der Waals surface area contributed by atoms with Gasteiger partial charge in [0.05, 0.1) is 6.04 Å². The second-order valence-electron chi connectivity index (χ2n) is 8.47. The zero-order valence-electron chi connectivity index (χ0n) is 18.1. The molecule has 32 heavy (non-hydrogen) atoms. The second kappa shape index (κ2) is 11.6. The first-order valence-corrected chi connectivity index (χ1v) is 10.7. The summed E-state index contributed by atoms with van der Waals surface area (Å²) in [6.45, 7) is 3.20. The monoisotopic (exact) mass is 465 g/mol. The van der Waals surface area contributed by atoms with Crippen LogP contribution in [0.1, 0.15) is 46.0 Å². The lowest BCUT2D eigenvalue weighted by Gasteiger charge is -2.26. The van der Waals surface area contributed by atoms with Crippen LogP contribution in [-0.2, 0) is 28.7 Å². The highest BCUT2D eigenvalue weighted by atomic mass is 19.4. The van der Waals surface area contributed by atoms with E-state index >= 15 is 0 Å². The molecular weight excluding hydrogens is 435 g/mol. The van der Waals surface area contributed by atoms with Crippen molar-refractivity contribution in [2.24, 2.45) is 11.8 Å². The van der Waals surface area contributed by atoms with Crippen LogP contribution in [-0.4, -0.2) is 67.8 Å². The number of hydrogen-bond donors (Lipinski definition) is 3. The van der Waals surface area contributed by atoms with Crippen molar-refractivity contribution in [3.05, 3.63) is 0 Å². The Morgan fingerprint density at radius 1 is 1.19 bits per heavy atom. The van der Waals surface area contributed by atoms with Gasteiger partial charge < -0.3 is 20.7 Å². The SMILES string of the molecule is CC(C)CC(NC(=O)[C@H]1CCCO1)C(=O)N[C@@H](C[C@@H]1CCNC1=O)C(=O)COC(F)(F)F. The molecule has 2 heterocycles. The fourth-order valence-electron chi connectivity index (χ4n) is 3.70. The molecule has 0 radical (unpaired) electrons. The van der Waals surface area contributed by atoms with Crippen molar-refractivity contribution in [3.63, 3.8) is 0 Å². The Morgan fingerprint density at radius 3 is 2.44 bits per heavy atom. The lowest BCUT2D eigenvalue weighted by Crippen LogP contribution is -2.54. The first kappa shape index (κ1) is 26.0. The highest BCUT2D eigenvalue weighted by molar-refractivity contribution is 5.94. The number of alkyl halides is 3. The van der Waals surface area contributed by atoms with Crippen molar-refractivity contribution < 1.29 is 41.8 Å². The van der Waals surface area contributed by atoms with Crippen LogP contribution < -0.4 is 16.0 Å². The minimum atomic E-state index is -5.01. The van der Waals surface area contributed by atoms with Crippen LogP contribution in [0.2, 0.25) is 0 Å².